The largest absolute Gasteiger partial charge is 0.393 e. The first-order valence-corrected chi connectivity index (χ1v) is 9.07. The minimum atomic E-state index is -0.186. The van der Waals surface area contributed by atoms with Crippen LogP contribution in [0, 0.1) is 0 Å². The van der Waals surface area contributed by atoms with E-state index in [1.54, 1.807) is 0 Å². The quantitative estimate of drug-likeness (QED) is 0.614. The summed E-state index contributed by atoms with van der Waals surface area (Å²) in [6.07, 6.45) is 4.90. The molecule has 0 atom stereocenters. The van der Waals surface area contributed by atoms with E-state index < -0.39 is 0 Å². The monoisotopic (exact) mass is 335 g/mol. The molecule has 3 rings (SSSR count). The molecule has 2 fully saturated rings. The molecule has 7 heteroatoms. The Balaban J connectivity index is 1.34. The summed E-state index contributed by atoms with van der Waals surface area (Å²) in [6.45, 7) is 5.94. The van der Waals surface area contributed by atoms with E-state index in [9.17, 15) is 5.11 Å². The Morgan fingerprint density at radius 3 is 2.75 bits per heavy atom. The van der Waals surface area contributed by atoms with Crippen LogP contribution >= 0.6 is 0 Å². The molecule has 2 aliphatic rings. The first-order valence-electron chi connectivity index (χ1n) is 9.07. The maximum absolute atomic E-state index is 9.44. The van der Waals surface area contributed by atoms with Crippen LogP contribution in [0.2, 0.25) is 0 Å². The molecule has 1 saturated heterocycles. The average Bonchev–Trinajstić information content (AvgIpc) is 2.55. The maximum atomic E-state index is 9.44. The van der Waals surface area contributed by atoms with Crippen LogP contribution < -0.4 is 11.1 Å². The fourth-order valence-corrected chi connectivity index (χ4v) is 3.29. The number of hydrogen-bond donors (Lipinski definition) is 3. The van der Waals surface area contributed by atoms with Gasteiger partial charge >= 0.3 is 0 Å². The van der Waals surface area contributed by atoms with Crippen molar-refractivity contribution in [2.24, 2.45) is 0 Å². The summed E-state index contributed by atoms with van der Waals surface area (Å²) < 4.78 is 5.36. The van der Waals surface area contributed by atoms with Crippen LogP contribution in [-0.2, 0) is 4.74 Å². The molecule has 1 aliphatic carbocycles. The summed E-state index contributed by atoms with van der Waals surface area (Å²) in [5.41, 5.74) is 6.75. The third kappa shape index (κ3) is 5.03. The molecule has 1 aromatic heterocycles. The van der Waals surface area contributed by atoms with Crippen LogP contribution in [0.5, 0.6) is 0 Å². The average molecular weight is 335 g/mol. The fraction of sp³-hybridized carbons (Fsp3) is 0.765. The Morgan fingerprint density at radius 2 is 2.00 bits per heavy atom. The minimum Gasteiger partial charge on any atom is -0.393 e. The number of nitrogen functional groups attached to an aromatic ring is 1. The summed E-state index contributed by atoms with van der Waals surface area (Å²) in [6, 6.07) is 1.97. The van der Waals surface area contributed by atoms with Crippen molar-refractivity contribution in [3.63, 3.8) is 0 Å². The lowest BCUT2D eigenvalue weighted by molar-refractivity contribution is 0.0372. The second-order valence-corrected chi connectivity index (χ2v) is 6.80. The second kappa shape index (κ2) is 8.60. The van der Waals surface area contributed by atoms with E-state index in [1.807, 2.05) is 6.07 Å². The summed E-state index contributed by atoms with van der Waals surface area (Å²) in [5, 5.41) is 12.8. The predicted molar refractivity (Wildman–Crippen MR) is 94.0 cm³/mol. The van der Waals surface area contributed by atoms with Gasteiger partial charge in [-0.25, -0.2) is 4.98 Å². The van der Waals surface area contributed by atoms with E-state index in [0.29, 0.717) is 11.9 Å². The SMILES string of the molecule is Nc1nc(NCCCCCN2CCOCC2)cc(C2CC(O)C2)n1. The van der Waals surface area contributed by atoms with Gasteiger partial charge in [0.2, 0.25) is 5.95 Å². The zero-order valence-electron chi connectivity index (χ0n) is 14.3. The Bertz CT molecular complexity index is 516. The van der Waals surface area contributed by atoms with Crippen LogP contribution in [0.15, 0.2) is 6.07 Å². The highest BCUT2D eigenvalue weighted by molar-refractivity contribution is 5.41. The van der Waals surface area contributed by atoms with Crippen LogP contribution in [0.3, 0.4) is 0 Å². The predicted octanol–water partition coefficient (Wildman–Crippen LogP) is 1.21. The lowest BCUT2D eigenvalue weighted by Crippen LogP contribution is -2.36. The lowest BCUT2D eigenvalue weighted by atomic mass is 9.80. The molecule has 0 bridgehead atoms. The number of aliphatic hydroxyl groups is 1. The first-order chi connectivity index (χ1) is 11.7. The Morgan fingerprint density at radius 1 is 1.21 bits per heavy atom. The molecule has 0 radical (unpaired) electrons. The van der Waals surface area contributed by atoms with E-state index in [-0.39, 0.29) is 6.10 Å². The van der Waals surface area contributed by atoms with Crippen molar-refractivity contribution < 1.29 is 9.84 Å². The van der Waals surface area contributed by atoms with Crippen molar-refractivity contribution in [1.29, 1.82) is 0 Å². The van der Waals surface area contributed by atoms with Crippen molar-refractivity contribution >= 4 is 11.8 Å². The standard InChI is InChI=1S/C17H29N5O2/c18-17-20-15(13-10-14(23)11-13)12-16(21-17)19-4-2-1-3-5-22-6-8-24-9-7-22/h12-14,23H,1-11H2,(H3,18,19,20,21). The Kier molecular flexibility index (Phi) is 6.23. The van der Waals surface area contributed by atoms with Gasteiger partial charge in [0.15, 0.2) is 0 Å². The van der Waals surface area contributed by atoms with Crippen molar-refractivity contribution in [2.75, 3.05) is 50.4 Å². The van der Waals surface area contributed by atoms with Gasteiger partial charge in [-0.15, -0.1) is 0 Å². The summed E-state index contributed by atoms with van der Waals surface area (Å²) in [7, 11) is 0. The number of aromatic nitrogens is 2. The number of nitrogens with two attached hydrogens (primary N) is 1. The number of nitrogens with one attached hydrogen (secondary N) is 1. The van der Waals surface area contributed by atoms with Crippen molar-refractivity contribution in [1.82, 2.24) is 14.9 Å². The smallest absolute Gasteiger partial charge is 0.222 e. The van der Waals surface area contributed by atoms with Crippen LogP contribution in [0.4, 0.5) is 11.8 Å². The number of hydrogen-bond acceptors (Lipinski definition) is 7. The van der Waals surface area contributed by atoms with E-state index in [0.717, 1.165) is 70.2 Å². The number of unbranched alkanes of at least 4 members (excludes halogenated alkanes) is 2. The Labute approximate surface area is 143 Å². The van der Waals surface area contributed by atoms with Crippen molar-refractivity contribution in [3.8, 4) is 0 Å². The van der Waals surface area contributed by atoms with Crippen LogP contribution in [0.25, 0.3) is 0 Å². The van der Waals surface area contributed by atoms with Gasteiger partial charge in [-0.1, -0.05) is 6.42 Å². The minimum absolute atomic E-state index is 0.186. The number of morpholine rings is 1. The number of anilines is 2. The molecule has 0 aromatic carbocycles. The van der Waals surface area contributed by atoms with Crippen LogP contribution in [-0.4, -0.2) is 65.5 Å². The molecule has 0 amide bonds. The fourth-order valence-electron chi connectivity index (χ4n) is 3.29. The summed E-state index contributed by atoms with van der Waals surface area (Å²) >= 11 is 0. The molecule has 2 heterocycles. The highest BCUT2D eigenvalue weighted by atomic mass is 16.5. The third-order valence-electron chi connectivity index (χ3n) is 4.86. The zero-order chi connectivity index (χ0) is 16.8. The van der Waals surface area contributed by atoms with Crippen molar-refractivity contribution in [3.05, 3.63) is 11.8 Å². The van der Waals surface area contributed by atoms with Gasteiger partial charge in [0, 0.05) is 31.6 Å². The molecular formula is C17H29N5O2. The molecule has 1 aromatic rings. The molecule has 4 N–H and O–H groups in total. The van der Waals surface area contributed by atoms with E-state index in [2.05, 4.69) is 20.2 Å². The number of aliphatic hydroxyl groups excluding tert-OH is 1. The molecule has 0 unspecified atom stereocenters. The van der Waals surface area contributed by atoms with E-state index in [1.165, 1.54) is 12.8 Å². The normalized spacial score (nSPS) is 24.5. The summed E-state index contributed by atoms with van der Waals surface area (Å²) in [5.74, 6) is 1.43. The Hall–Kier alpha value is -1.44. The van der Waals surface area contributed by atoms with E-state index in [4.69, 9.17) is 10.5 Å². The maximum Gasteiger partial charge on any atom is 0.222 e. The van der Waals surface area contributed by atoms with Gasteiger partial charge in [0.1, 0.15) is 5.82 Å². The van der Waals surface area contributed by atoms with Gasteiger partial charge in [0.25, 0.3) is 0 Å². The van der Waals surface area contributed by atoms with Crippen molar-refractivity contribution in [2.45, 2.75) is 44.1 Å². The third-order valence-corrected chi connectivity index (χ3v) is 4.86. The molecular weight excluding hydrogens is 306 g/mol. The van der Waals surface area contributed by atoms with Gasteiger partial charge in [-0.2, -0.15) is 4.98 Å². The first kappa shape index (κ1) is 17.4. The molecule has 1 saturated carbocycles. The highest BCUT2D eigenvalue weighted by Crippen LogP contribution is 2.36. The zero-order valence-corrected chi connectivity index (χ0v) is 14.3. The molecule has 7 nitrogen and oxygen atoms in total. The van der Waals surface area contributed by atoms with Gasteiger partial charge in [-0.05, 0) is 32.2 Å². The number of ether oxygens (including phenoxy) is 1. The topological polar surface area (TPSA) is 96.5 Å². The highest BCUT2D eigenvalue weighted by Gasteiger charge is 2.30. The second-order valence-electron chi connectivity index (χ2n) is 6.80. The molecule has 1 aliphatic heterocycles. The summed E-state index contributed by atoms with van der Waals surface area (Å²) in [4.78, 5) is 11.0. The molecule has 24 heavy (non-hydrogen) atoms. The van der Waals surface area contributed by atoms with Gasteiger partial charge in [-0.3, -0.25) is 4.90 Å². The number of rotatable bonds is 8. The van der Waals surface area contributed by atoms with Gasteiger partial charge < -0.3 is 20.9 Å². The number of nitrogens with zero attached hydrogens (tertiary/aromatic N) is 3. The molecule has 0 spiro atoms. The van der Waals surface area contributed by atoms with Crippen LogP contribution in [0.1, 0.15) is 43.7 Å². The molecule has 134 valence electrons. The van der Waals surface area contributed by atoms with E-state index >= 15 is 0 Å². The lowest BCUT2D eigenvalue weighted by Gasteiger charge is -2.30. The van der Waals surface area contributed by atoms with Gasteiger partial charge in [0.05, 0.1) is 25.0 Å².